The molecule has 6 nitrogen and oxygen atoms in total. The highest BCUT2D eigenvalue weighted by molar-refractivity contribution is 14.0. The van der Waals surface area contributed by atoms with Crippen LogP contribution in [0.2, 0.25) is 0 Å². The maximum Gasteiger partial charge on any atom is 0.211 e. The fraction of sp³-hybridized carbons (Fsp3) is 0.933. The first-order valence-electron chi connectivity index (χ1n) is 8.48. The number of sulfonamides is 1. The summed E-state index contributed by atoms with van der Waals surface area (Å²) >= 11 is 0. The molecule has 0 aliphatic rings. The van der Waals surface area contributed by atoms with Gasteiger partial charge in [0, 0.05) is 26.2 Å². The number of hydrogen-bond donors (Lipinski definition) is 3. The number of guanidine groups is 1. The quantitative estimate of drug-likeness (QED) is 0.180. The Morgan fingerprint density at radius 1 is 1.09 bits per heavy atom. The van der Waals surface area contributed by atoms with Crippen LogP contribution in [0.4, 0.5) is 0 Å². The Morgan fingerprint density at radius 2 is 1.78 bits per heavy atom. The Morgan fingerprint density at radius 3 is 2.30 bits per heavy atom. The van der Waals surface area contributed by atoms with Crippen molar-refractivity contribution >= 4 is 40.0 Å². The Balaban J connectivity index is 0. The summed E-state index contributed by atoms with van der Waals surface area (Å²) in [6, 6.07) is 0. The van der Waals surface area contributed by atoms with Gasteiger partial charge in [0.05, 0.1) is 5.75 Å². The molecule has 0 spiro atoms. The van der Waals surface area contributed by atoms with E-state index in [4.69, 9.17) is 0 Å². The van der Waals surface area contributed by atoms with E-state index in [0.29, 0.717) is 19.0 Å². The molecule has 0 fully saturated rings. The van der Waals surface area contributed by atoms with Crippen molar-refractivity contribution in [3.05, 3.63) is 0 Å². The summed E-state index contributed by atoms with van der Waals surface area (Å²) in [7, 11) is -3.12. The fourth-order valence-electron chi connectivity index (χ4n) is 1.97. The van der Waals surface area contributed by atoms with Crippen molar-refractivity contribution in [2.75, 3.05) is 31.9 Å². The average molecular weight is 462 g/mol. The molecule has 1 atom stereocenters. The van der Waals surface area contributed by atoms with Crippen LogP contribution in [0.1, 0.15) is 53.4 Å². The summed E-state index contributed by atoms with van der Waals surface area (Å²) in [6.07, 6.45) is 4.82. The molecule has 0 aliphatic heterocycles. The van der Waals surface area contributed by atoms with E-state index in [2.05, 4.69) is 34.2 Å². The van der Waals surface area contributed by atoms with E-state index in [9.17, 15) is 8.42 Å². The van der Waals surface area contributed by atoms with Gasteiger partial charge in [0.25, 0.3) is 0 Å². The second-order valence-electron chi connectivity index (χ2n) is 5.36. The normalized spacial score (nSPS) is 13.3. The standard InChI is InChI=1S/C15H34N4O2S.HI/c1-5-9-10-14(6-2)13-18-15(16-7-3)17-11-12-19-22(20,21)8-4;/h14,19H,5-13H2,1-4H3,(H2,16,17,18);1H. The average Bonchev–Trinajstić information content (AvgIpc) is 2.51. The molecule has 140 valence electrons. The predicted molar refractivity (Wildman–Crippen MR) is 110 cm³/mol. The monoisotopic (exact) mass is 462 g/mol. The lowest BCUT2D eigenvalue weighted by Crippen LogP contribution is -2.42. The zero-order chi connectivity index (χ0) is 16.8. The number of hydrogen-bond acceptors (Lipinski definition) is 3. The third kappa shape index (κ3) is 14.0. The van der Waals surface area contributed by atoms with Gasteiger partial charge in [-0.3, -0.25) is 4.99 Å². The molecule has 0 radical (unpaired) electrons. The molecule has 0 bridgehead atoms. The topological polar surface area (TPSA) is 82.6 Å². The smallest absolute Gasteiger partial charge is 0.211 e. The van der Waals surface area contributed by atoms with E-state index in [-0.39, 0.29) is 29.7 Å². The Hall–Kier alpha value is -0.0900. The maximum absolute atomic E-state index is 11.3. The first-order valence-corrected chi connectivity index (χ1v) is 10.1. The highest BCUT2D eigenvalue weighted by Crippen LogP contribution is 2.12. The lowest BCUT2D eigenvalue weighted by atomic mass is 10.00. The lowest BCUT2D eigenvalue weighted by Gasteiger charge is -2.15. The summed E-state index contributed by atoms with van der Waals surface area (Å²) in [5.41, 5.74) is 0. The number of unbranched alkanes of at least 4 members (excludes halogenated alkanes) is 1. The van der Waals surface area contributed by atoms with Crippen molar-refractivity contribution in [2.24, 2.45) is 10.9 Å². The molecule has 0 aromatic carbocycles. The van der Waals surface area contributed by atoms with Gasteiger partial charge in [0.1, 0.15) is 0 Å². The van der Waals surface area contributed by atoms with E-state index < -0.39 is 10.0 Å². The molecule has 3 N–H and O–H groups in total. The van der Waals surface area contributed by atoms with Crippen molar-refractivity contribution in [3.63, 3.8) is 0 Å². The molecule has 8 heteroatoms. The van der Waals surface area contributed by atoms with E-state index in [1.54, 1.807) is 6.92 Å². The van der Waals surface area contributed by atoms with Crippen LogP contribution in [0, 0.1) is 5.92 Å². The highest BCUT2D eigenvalue weighted by atomic mass is 127. The van der Waals surface area contributed by atoms with Crippen molar-refractivity contribution < 1.29 is 8.42 Å². The SMILES string of the molecule is CCCCC(CC)CN=C(NCC)NCCNS(=O)(=O)CC.I. The van der Waals surface area contributed by atoms with Gasteiger partial charge < -0.3 is 10.6 Å². The Labute approximate surface area is 159 Å². The van der Waals surface area contributed by atoms with Crippen molar-refractivity contribution in [3.8, 4) is 0 Å². The Bertz CT molecular complexity index is 402. The molecule has 0 aromatic heterocycles. The van der Waals surface area contributed by atoms with Crippen LogP contribution >= 0.6 is 24.0 Å². The van der Waals surface area contributed by atoms with Crippen molar-refractivity contribution in [1.82, 2.24) is 15.4 Å². The first-order chi connectivity index (χ1) is 10.5. The molecule has 0 aromatic rings. The van der Waals surface area contributed by atoms with Crippen molar-refractivity contribution in [1.29, 1.82) is 0 Å². The minimum absolute atomic E-state index is 0. The molecule has 0 heterocycles. The van der Waals surface area contributed by atoms with Crippen LogP contribution < -0.4 is 15.4 Å². The largest absolute Gasteiger partial charge is 0.357 e. The molecule has 23 heavy (non-hydrogen) atoms. The summed E-state index contributed by atoms with van der Waals surface area (Å²) in [5, 5.41) is 6.36. The lowest BCUT2D eigenvalue weighted by molar-refractivity contribution is 0.461. The molecule has 0 amide bonds. The Kier molecular flexibility index (Phi) is 16.9. The zero-order valence-electron chi connectivity index (χ0n) is 15.0. The summed E-state index contributed by atoms with van der Waals surface area (Å²) in [4.78, 5) is 4.61. The highest BCUT2D eigenvalue weighted by Gasteiger charge is 2.07. The number of nitrogens with zero attached hydrogens (tertiary/aromatic N) is 1. The van der Waals surface area contributed by atoms with Crippen LogP contribution in [-0.2, 0) is 10.0 Å². The van der Waals surface area contributed by atoms with Crippen LogP contribution in [0.3, 0.4) is 0 Å². The summed E-state index contributed by atoms with van der Waals surface area (Å²) in [5.74, 6) is 1.48. The van der Waals surface area contributed by atoms with Gasteiger partial charge in [0.15, 0.2) is 5.96 Å². The predicted octanol–water partition coefficient (Wildman–Crippen LogP) is 2.32. The summed E-state index contributed by atoms with van der Waals surface area (Å²) < 4.78 is 25.2. The third-order valence-electron chi connectivity index (χ3n) is 3.51. The van der Waals surface area contributed by atoms with Gasteiger partial charge in [-0.1, -0.05) is 33.1 Å². The van der Waals surface area contributed by atoms with Gasteiger partial charge in [-0.05, 0) is 26.2 Å². The van der Waals surface area contributed by atoms with Crippen LogP contribution in [0.5, 0.6) is 0 Å². The van der Waals surface area contributed by atoms with Gasteiger partial charge in [-0.25, -0.2) is 13.1 Å². The molecular weight excluding hydrogens is 427 g/mol. The van der Waals surface area contributed by atoms with Gasteiger partial charge >= 0.3 is 0 Å². The second-order valence-corrected chi connectivity index (χ2v) is 7.46. The zero-order valence-corrected chi connectivity index (χ0v) is 18.2. The fourth-order valence-corrected chi connectivity index (χ4v) is 2.59. The molecular formula is C15H35IN4O2S. The molecule has 0 rings (SSSR count). The molecule has 0 aliphatic carbocycles. The van der Waals surface area contributed by atoms with E-state index >= 15 is 0 Å². The second kappa shape index (κ2) is 15.4. The van der Waals surface area contributed by atoms with Gasteiger partial charge in [-0.15, -0.1) is 24.0 Å². The minimum atomic E-state index is -3.12. The minimum Gasteiger partial charge on any atom is -0.357 e. The third-order valence-corrected chi connectivity index (χ3v) is 4.92. The number of nitrogens with one attached hydrogen (secondary N) is 3. The summed E-state index contributed by atoms with van der Waals surface area (Å²) in [6.45, 7) is 10.6. The molecule has 0 saturated heterocycles. The first kappa shape index (κ1) is 25.2. The van der Waals surface area contributed by atoms with Crippen LogP contribution in [-0.4, -0.2) is 46.3 Å². The maximum atomic E-state index is 11.3. The van der Waals surface area contributed by atoms with Gasteiger partial charge in [0.2, 0.25) is 10.0 Å². The number of aliphatic imine (C=N–C) groups is 1. The van der Waals surface area contributed by atoms with Crippen LogP contribution in [0.15, 0.2) is 4.99 Å². The van der Waals surface area contributed by atoms with Gasteiger partial charge in [-0.2, -0.15) is 0 Å². The van der Waals surface area contributed by atoms with Crippen molar-refractivity contribution in [2.45, 2.75) is 53.4 Å². The number of rotatable bonds is 12. The molecule has 1 unspecified atom stereocenters. The van der Waals surface area contributed by atoms with E-state index in [0.717, 1.165) is 25.5 Å². The van der Waals surface area contributed by atoms with E-state index in [1.807, 2.05) is 6.92 Å². The molecule has 0 saturated carbocycles. The van der Waals surface area contributed by atoms with E-state index in [1.165, 1.54) is 19.3 Å². The number of halogens is 1. The van der Waals surface area contributed by atoms with Crippen LogP contribution in [0.25, 0.3) is 0 Å².